The molecule has 0 aliphatic heterocycles. The summed E-state index contributed by atoms with van der Waals surface area (Å²) < 4.78 is 0. The van der Waals surface area contributed by atoms with E-state index in [4.69, 9.17) is 5.73 Å². The number of nitrogens with zero attached hydrogens (tertiary/aromatic N) is 1. The lowest BCUT2D eigenvalue weighted by atomic mass is 10.0. The summed E-state index contributed by atoms with van der Waals surface area (Å²) in [6.45, 7) is 0. The molecule has 33 heavy (non-hydrogen) atoms. The van der Waals surface area contributed by atoms with Crippen LogP contribution in [0.1, 0.15) is 27.9 Å². The van der Waals surface area contributed by atoms with Crippen LogP contribution < -0.4 is 11.1 Å². The highest BCUT2D eigenvalue weighted by Crippen LogP contribution is 2.21. The van der Waals surface area contributed by atoms with E-state index in [0.717, 1.165) is 16.8 Å². The molecule has 1 amide bonds. The number of aromatic nitrogens is 1. The number of carbonyl (C=O) groups is 2. The van der Waals surface area contributed by atoms with Gasteiger partial charge in [-0.3, -0.25) is 14.6 Å². The van der Waals surface area contributed by atoms with Gasteiger partial charge in [-0.05, 0) is 48.5 Å². The van der Waals surface area contributed by atoms with Crippen molar-refractivity contribution in [2.45, 2.75) is 6.42 Å². The Morgan fingerprint density at radius 2 is 1.61 bits per heavy atom. The topological polar surface area (TPSA) is 85.1 Å². The second kappa shape index (κ2) is 10.1. The molecule has 0 fully saturated rings. The molecular weight excluding hydrogens is 410 g/mol. The summed E-state index contributed by atoms with van der Waals surface area (Å²) in [6.07, 6.45) is 1.39. The predicted molar refractivity (Wildman–Crippen MR) is 131 cm³/mol. The second-order valence-electron chi connectivity index (χ2n) is 7.36. The SMILES string of the molecule is Nc1ccc(C#Cc2ccccc2)cc1NC(=O)CC(=O)c1cccc(-c2ccccn2)c1. The number of hydrogen-bond acceptors (Lipinski definition) is 4. The minimum atomic E-state index is -0.442. The number of benzene rings is 3. The molecule has 3 aromatic carbocycles. The first-order valence-electron chi connectivity index (χ1n) is 10.4. The minimum absolute atomic E-state index is 0.288. The summed E-state index contributed by atoms with van der Waals surface area (Å²) in [7, 11) is 0. The monoisotopic (exact) mass is 431 g/mol. The van der Waals surface area contributed by atoms with Crippen molar-refractivity contribution >= 4 is 23.1 Å². The summed E-state index contributed by atoms with van der Waals surface area (Å²) in [4.78, 5) is 29.6. The second-order valence-corrected chi connectivity index (χ2v) is 7.36. The van der Waals surface area contributed by atoms with E-state index in [0.29, 0.717) is 22.5 Å². The lowest BCUT2D eigenvalue weighted by Crippen LogP contribution is -2.17. The average Bonchev–Trinajstić information content (AvgIpc) is 2.85. The number of nitrogen functional groups attached to an aromatic ring is 1. The Balaban J connectivity index is 1.45. The van der Waals surface area contributed by atoms with Gasteiger partial charge in [0, 0.05) is 28.5 Å². The molecule has 0 saturated heterocycles. The van der Waals surface area contributed by atoms with Crippen molar-refractivity contribution in [1.82, 2.24) is 4.98 Å². The molecule has 1 aromatic heterocycles. The van der Waals surface area contributed by atoms with Crippen LogP contribution in [0.15, 0.2) is 97.2 Å². The minimum Gasteiger partial charge on any atom is -0.397 e. The van der Waals surface area contributed by atoms with Gasteiger partial charge < -0.3 is 11.1 Å². The highest BCUT2D eigenvalue weighted by atomic mass is 16.2. The molecule has 1 heterocycles. The van der Waals surface area contributed by atoms with E-state index in [9.17, 15) is 9.59 Å². The first kappa shape index (κ1) is 21.5. The van der Waals surface area contributed by atoms with E-state index in [2.05, 4.69) is 22.1 Å². The zero-order valence-corrected chi connectivity index (χ0v) is 17.8. The molecule has 0 aliphatic carbocycles. The molecule has 5 nitrogen and oxygen atoms in total. The van der Waals surface area contributed by atoms with Crippen LogP contribution in [0.25, 0.3) is 11.3 Å². The van der Waals surface area contributed by atoms with Crippen molar-refractivity contribution in [2.24, 2.45) is 0 Å². The van der Waals surface area contributed by atoms with Crippen molar-refractivity contribution in [3.63, 3.8) is 0 Å². The summed E-state index contributed by atoms with van der Waals surface area (Å²) in [6, 6.07) is 27.4. The number of pyridine rings is 1. The van der Waals surface area contributed by atoms with Crippen LogP contribution >= 0.6 is 0 Å². The maximum Gasteiger partial charge on any atom is 0.232 e. The zero-order valence-electron chi connectivity index (χ0n) is 17.8. The summed E-state index contributed by atoms with van der Waals surface area (Å²) in [5.74, 6) is 5.40. The molecule has 0 radical (unpaired) electrons. The number of carbonyl (C=O) groups excluding carboxylic acids is 2. The van der Waals surface area contributed by atoms with E-state index in [1.54, 1.807) is 42.6 Å². The smallest absolute Gasteiger partial charge is 0.232 e. The molecule has 0 atom stereocenters. The first-order valence-corrected chi connectivity index (χ1v) is 10.4. The molecule has 0 unspecified atom stereocenters. The van der Waals surface area contributed by atoms with Gasteiger partial charge in [-0.15, -0.1) is 0 Å². The van der Waals surface area contributed by atoms with Gasteiger partial charge in [0.25, 0.3) is 0 Å². The highest BCUT2D eigenvalue weighted by molar-refractivity contribution is 6.11. The van der Waals surface area contributed by atoms with Crippen LogP contribution in [-0.2, 0) is 4.79 Å². The number of nitrogens with two attached hydrogens (primary N) is 1. The van der Waals surface area contributed by atoms with Gasteiger partial charge in [-0.2, -0.15) is 0 Å². The quantitative estimate of drug-likeness (QED) is 0.203. The number of Topliss-reactive ketones (excluding diaryl/α,β-unsaturated/α-hetero) is 1. The van der Waals surface area contributed by atoms with E-state index in [1.165, 1.54) is 0 Å². The number of amides is 1. The molecule has 0 saturated carbocycles. The Kier molecular flexibility index (Phi) is 6.58. The van der Waals surface area contributed by atoms with Crippen LogP contribution in [0.4, 0.5) is 11.4 Å². The summed E-state index contributed by atoms with van der Waals surface area (Å²) >= 11 is 0. The van der Waals surface area contributed by atoms with Crippen molar-refractivity contribution in [3.8, 4) is 23.1 Å². The van der Waals surface area contributed by atoms with E-state index >= 15 is 0 Å². The lowest BCUT2D eigenvalue weighted by Gasteiger charge is -2.09. The largest absolute Gasteiger partial charge is 0.397 e. The fourth-order valence-electron chi connectivity index (χ4n) is 3.24. The first-order chi connectivity index (χ1) is 16.1. The number of rotatable bonds is 5. The highest BCUT2D eigenvalue weighted by Gasteiger charge is 2.14. The number of anilines is 2. The van der Waals surface area contributed by atoms with Gasteiger partial charge >= 0.3 is 0 Å². The van der Waals surface area contributed by atoms with E-state index < -0.39 is 5.91 Å². The third-order valence-electron chi connectivity index (χ3n) is 4.92. The Bertz CT molecular complexity index is 1350. The van der Waals surface area contributed by atoms with Crippen LogP contribution in [0.5, 0.6) is 0 Å². The van der Waals surface area contributed by atoms with Crippen molar-refractivity contribution in [2.75, 3.05) is 11.1 Å². The lowest BCUT2D eigenvalue weighted by molar-refractivity contribution is -0.115. The fraction of sp³-hybridized carbons (Fsp3) is 0.0357. The predicted octanol–water partition coefficient (Wildman–Crippen LogP) is 4.94. The molecule has 0 aliphatic rings. The number of nitrogens with one attached hydrogen (secondary N) is 1. The van der Waals surface area contributed by atoms with Gasteiger partial charge in [0.2, 0.25) is 5.91 Å². The third-order valence-corrected chi connectivity index (χ3v) is 4.92. The average molecular weight is 431 g/mol. The Morgan fingerprint density at radius 1 is 0.818 bits per heavy atom. The molecule has 5 heteroatoms. The van der Waals surface area contributed by atoms with E-state index in [1.807, 2.05) is 54.6 Å². The maximum atomic E-state index is 12.7. The summed E-state index contributed by atoms with van der Waals surface area (Å²) in [5.41, 5.74) is 10.5. The standard InChI is InChI=1S/C28H21N3O2/c29-24-15-14-21(13-12-20-7-2-1-3-8-20)17-26(24)31-28(33)19-27(32)23-10-6-9-22(18-23)25-11-4-5-16-30-25/h1-11,14-18H,19,29H2,(H,31,33). The Hall–Kier alpha value is -4.69. The molecule has 0 spiro atoms. The van der Waals surface area contributed by atoms with Crippen LogP contribution in [0, 0.1) is 11.8 Å². The van der Waals surface area contributed by atoms with Crippen LogP contribution in [0.2, 0.25) is 0 Å². The zero-order chi connectivity index (χ0) is 23.0. The van der Waals surface area contributed by atoms with Gasteiger partial charge in [0.05, 0.1) is 23.5 Å². The summed E-state index contributed by atoms with van der Waals surface area (Å²) in [5, 5.41) is 2.73. The third kappa shape index (κ3) is 5.72. The van der Waals surface area contributed by atoms with Crippen molar-refractivity contribution in [3.05, 3.63) is 114 Å². The van der Waals surface area contributed by atoms with Gasteiger partial charge in [-0.25, -0.2) is 0 Å². The van der Waals surface area contributed by atoms with Crippen molar-refractivity contribution in [1.29, 1.82) is 0 Å². The molecule has 160 valence electrons. The Labute approximate surface area is 192 Å². The fourth-order valence-corrected chi connectivity index (χ4v) is 3.24. The number of hydrogen-bond donors (Lipinski definition) is 2. The van der Waals surface area contributed by atoms with Crippen LogP contribution in [0.3, 0.4) is 0 Å². The molecule has 4 aromatic rings. The molecule has 4 rings (SSSR count). The number of ketones is 1. The normalized spacial score (nSPS) is 10.1. The van der Waals surface area contributed by atoms with Gasteiger partial charge in [0.1, 0.15) is 0 Å². The van der Waals surface area contributed by atoms with Gasteiger partial charge in [0.15, 0.2) is 5.78 Å². The Morgan fingerprint density at radius 3 is 2.39 bits per heavy atom. The van der Waals surface area contributed by atoms with Crippen LogP contribution in [-0.4, -0.2) is 16.7 Å². The van der Waals surface area contributed by atoms with E-state index in [-0.39, 0.29) is 12.2 Å². The maximum absolute atomic E-state index is 12.7. The van der Waals surface area contributed by atoms with Gasteiger partial charge in [-0.1, -0.05) is 54.3 Å². The molecular formula is C28H21N3O2. The molecule has 3 N–H and O–H groups in total. The van der Waals surface area contributed by atoms with Crippen molar-refractivity contribution < 1.29 is 9.59 Å². The molecule has 0 bridgehead atoms.